The third-order valence-electron chi connectivity index (χ3n) is 3.33. The van der Waals surface area contributed by atoms with Crippen molar-refractivity contribution in [3.63, 3.8) is 0 Å². The van der Waals surface area contributed by atoms with Gasteiger partial charge in [-0.3, -0.25) is 4.68 Å². The van der Waals surface area contributed by atoms with Crippen molar-refractivity contribution in [2.75, 3.05) is 0 Å². The Morgan fingerprint density at radius 3 is 2.94 bits per heavy atom. The van der Waals surface area contributed by atoms with E-state index in [4.69, 9.17) is 0 Å². The molecule has 0 aromatic carbocycles. The van der Waals surface area contributed by atoms with E-state index in [0.717, 1.165) is 12.6 Å². The average Bonchev–Trinajstić information content (AvgIpc) is 3.00. The molecule has 1 aromatic heterocycles. The molecule has 1 N–H and O–H groups in total. The van der Waals surface area contributed by atoms with Gasteiger partial charge in [-0.2, -0.15) is 5.10 Å². The highest BCUT2D eigenvalue weighted by atomic mass is 15.3. The summed E-state index contributed by atoms with van der Waals surface area (Å²) >= 11 is 0. The Labute approximate surface area is 98.2 Å². The third-order valence-corrected chi connectivity index (χ3v) is 3.33. The Kier molecular flexibility index (Phi) is 3.64. The summed E-state index contributed by atoms with van der Waals surface area (Å²) in [6.07, 6.45) is 7.33. The van der Waals surface area contributed by atoms with E-state index in [1.165, 1.54) is 36.9 Å². The molecule has 16 heavy (non-hydrogen) atoms. The average molecular weight is 221 g/mol. The number of rotatable bonds is 6. The van der Waals surface area contributed by atoms with Crippen LogP contribution >= 0.6 is 0 Å². The van der Waals surface area contributed by atoms with Crippen molar-refractivity contribution in [1.29, 1.82) is 0 Å². The number of nitrogens with zero attached hydrogens (tertiary/aromatic N) is 2. The van der Waals surface area contributed by atoms with E-state index < -0.39 is 0 Å². The molecule has 1 aromatic rings. The molecule has 1 heterocycles. The number of aryl methyl sites for hydroxylation is 1. The summed E-state index contributed by atoms with van der Waals surface area (Å²) in [4.78, 5) is 0. The molecule has 0 spiro atoms. The predicted molar refractivity (Wildman–Crippen MR) is 66.4 cm³/mol. The van der Waals surface area contributed by atoms with Crippen LogP contribution in [0, 0.1) is 6.92 Å². The Balaban J connectivity index is 1.96. The van der Waals surface area contributed by atoms with E-state index in [0.29, 0.717) is 6.04 Å². The van der Waals surface area contributed by atoms with Gasteiger partial charge in [0, 0.05) is 30.4 Å². The van der Waals surface area contributed by atoms with Crippen LogP contribution in [0.1, 0.15) is 56.8 Å². The van der Waals surface area contributed by atoms with E-state index >= 15 is 0 Å². The van der Waals surface area contributed by atoms with Crippen molar-refractivity contribution in [2.24, 2.45) is 0 Å². The molecule has 0 radical (unpaired) electrons. The first-order valence-corrected chi connectivity index (χ1v) is 6.48. The zero-order valence-electron chi connectivity index (χ0n) is 10.7. The molecule has 1 unspecified atom stereocenters. The second kappa shape index (κ2) is 5.00. The molecule has 0 amide bonds. The highest BCUT2D eigenvalue weighted by Gasteiger charge is 2.20. The molecular weight excluding hydrogens is 198 g/mol. The summed E-state index contributed by atoms with van der Waals surface area (Å²) in [5.41, 5.74) is 2.53. The van der Waals surface area contributed by atoms with Crippen molar-refractivity contribution in [3.05, 3.63) is 17.5 Å². The lowest BCUT2D eigenvalue weighted by Crippen LogP contribution is -2.15. The van der Waals surface area contributed by atoms with Crippen LogP contribution in [0.15, 0.2) is 6.20 Å². The molecule has 90 valence electrons. The lowest BCUT2D eigenvalue weighted by atomic mass is 10.2. The molecule has 0 saturated heterocycles. The first kappa shape index (κ1) is 11.6. The fourth-order valence-corrected chi connectivity index (χ4v) is 2.01. The second-order valence-corrected chi connectivity index (χ2v) is 5.01. The first-order chi connectivity index (χ1) is 7.70. The smallest absolute Gasteiger partial charge is 0.0638 e. The highest BCUT2D eigenvalue weighted by molar-refractivity contribution is 5.15. The van der Waals surface area contributed by atoms with Crippen LogP contribution in [-0.2, 0) is 6.54 Å². The molecule has 1 saturated carbocycles. The zero-order chi connectivity index (χ0) is 11.5. The van der Waals surface area contributed by atoms with Crippen molar-refractivity contribution in [1.82, 2.24) is 15.1 Å². The quantitative estimate of drug-likeness (QED) is 0.800. The van der Waals surface area contributed by atoms with Gasteiger partial charge in [0.05, 0.1) is 5.69 Å². The van der Waals surface area contributed by atoms with Crippen LogP contribution in [0.25, 0.3) is 0 Å². The molecule has 0 bridgehead atoms. The number of hydrogen-bond acceptors (Lipinski definition) is 2. The van der Waals surface area contributed by atoms with Crippen molar-refractivity contribution in [2.45, 2.75) is 65.1 Å². The van der Waals surface area contributed by atoms with E-state index in [9.17, 15) is 0 Å². The summed E-state index contributed by atoms with van der Waals surface area (Å²) < 4.78 is 2.13. The summed E-state index contributed by atoms with van der Waals surface area (Å²) in [6.45, 7) is 7.56. The Morgan fingerprint density at radius 1 is 1.56 bits per heavy atom. The lowest BCUT2D eigenvalue weighted by Gasteiger charge is -2.09. The molecule has 3 heteroatoms. The van der Waals surface area contributed by atoms with Crippen molar-refractivity contribution in [3.8, 4) is 0 Å². The van der Waals surface area contributed by atoms with Gasteiger partial charge in [0.25, 0.3) is 0 Å². The van der Waals surface area contributed by atoms with Crippen LogP contribution in [-0.4, -0.2) is 15.8 Å². The molecule has 2 rings (SSSR count). The molecule has 1 aliphatic rings. The molecular formula is C13H23N3. The fourth-order valence-electron chi connectivity index (χ4n) is 2.01. The van der Waals surface area contributed by atoms with Crippen molar-refractivity contribution >= 4 is 0 Å². The van der Waals surface area contributed by atoms with Crippen LogP contribution < -0.4 is 5.32 Å². The van der Waals surface area contributed by atoms with Gasteiger partial charge in [0.15, 0.2) is 0 Å². The van der Waals surface area contributed by atoms with Gasteiger partial charge in [0.1, 0.15) is 0 Å². The minimum Gasteiger partial charge on any atom is -0.310 e. The minimum atomic E-state index is 0.526. The molecule has 1 aliphatic carbocycles. The van der Waals surface area contributed by atoms with E-state index in [2.05, 4.69) is 42.1 Å². The Bertz CT molecular complexity index is 339. The normalized spacial score (nSPS) is 17.7. The first-order valence-electron chi connectivity index (χ1n) is 6.48. The maximum atomic E-state index is 4.60. The van der Waals surface area contributed by atoms with Crippen molar-refractivity contribution < 1.29 is 0 Å². The molecule has 3 nitrogen and oxygen atoms in total. The maximum absolute atomic E-state index is 4.60. The largest absolute Gasteiger partial charge is 0.310 e. The maximum Gasteiger partial charge on any atom is 0.0638 e. The number of hydrogen-bond donors (Lipinski definition) is 1. The van der Waals surface area contributed by atoms with Gasteiger partial charge in [0.2, 0.25) is 0 Å². The Hall–Kier alpha value is -0.830. The van der Waals surface area contributed by atoms with Crippen LogP contribution in [0.3, 0.4) is 0 Å². The summed E-state index contributed by atoms with van der Waals surface area (Å²) in [6, 6.07) is 1.30. The highest BCUT2D eigenvalue weighted by Crippen LogP contribution is 2.20. The summed E-state index contributed by atoms with van der Waals surface area (Å²) in [5.74, 6) is 0. The fraction of sp³-hybridized carbons (Fsp3) is 0.769. The molecule has 1 atom stereocenters. The van der Waals surface area contributed by atoms with Crippen LogP contribution in [0.2, 0.25) is 0 Å². The van der Waals surface area contributed by atoms with E-state index in [1.807, 2.05) is 0 Å². The van der Waals surface area contributed by atoms with E-state index in [-0.39, 0.29) is 0 Å². The van der Waals surface area contributed by atoms with Gasteiger partial charge < -0.3 is 5.32 Å². The SMILES string of the molecule is CCCC(C)n1cc(CNC2CC2)c(C)n1. The monoisotopic (exact) mass is 221 g/mol. The van der Waals surface area contributed by atoms with Gasteiger partial charge in [-0.15, -0.1) is 0 Å². The van der Waals surface area contributed by atoms with Gasteiger partial charge in [-0.25, -0.2) is 0 Å². The minimum absolute atomic E-state index is 0.526. The van der Waals surface area contributed by atoms with Crippen LogP contribution in [0.4, 0.5) is 0 Å². The third kappa shape index (κ3) is 2.85. The van der Waals surface area contributed by atoms with Gasteiger partial charge in [-0.1, -0.05) is 13.3 Å². The zero-order valence-corrected chi connectivity index (χ0v) is 10.7. The van der Waals surface area contributed by atoms with Gasteiger partial charge >= 0.3 is 0 Å². The van der Waals surface area contributed by atoms with Gasteiger partial charge in [-0.05, 0) is 33.1 Å². The topological polar surface area (TPSA) is 29.9 Å². The molecule has 1 fully saturated rings. The van der Waals surface area contributed by atoms with Crippen LogP contribution in [0.5, 0.6) is 0 Å². The van der Waals surface area contributed by atoms with E-state index in [1.54, 1.807) is 0 Å². The standard InChI is InChI=1S/C13H23N3/c1-4-5-10(2)16-9-12(11(3)15-16)8-14-13-6-7-13/h9-10,13-14H,4-8H2,1-3H3. The predicted octanol–water partition coefficient (Wildman–Crippen LogP) is 2.80. The number of aromatic nitrogens is 2. The summed E-state index contributed by atoms with van der Waals surface area (Å²) in [5, 5.41) is 8.15. The molecule has 0 aliphatic heterocycles. The summed E-state index contributed by atoms with van der Waals surface area (Å²) in [7, 11) is 0. The number of nitrogens with one attached hydrogen (secondary N) is 1. The second-order valence-electron chi connectivity index (χ2n) is 5.01. The lowest BCUT2D eigenvalue weighted by molar-refractivity contribution is 0.452. The Morgan fingerprint density at radius 2 is 2.31 bits per heavy atom.